The molecule has 3 atom stereocenters. The monoisotopic (exact) mass is 905 g/mol. The summed E-state index contributed by atoms with van der Waals surface area (Å²) in [4.78, 5) is 113. The van der Waals surface area contributed by atoms with E-state index in [-0.39, 0.29) is 54.7 Å². The second-order valence-corrected chi connectivity index (χ2v) is 14.9. The van der Waals surface area contributed by atoms with E-state index in [0.29, 0.717) is 43.2 Å². The number of carbonyl (C=O) groups excluding carboxylic acids is 8. The molecule has 0 unspecified atom stereocenters. The van der Waals surface area contributed by atoms with Crippen molar-refractivity contribution in [2.45, 2.75) is 111 Å². The highest BCUT2D eigenvalue weighted by Crippen LogP contribution is 2.30. The molecule has 2 aromatic heterocycles. The minimum Gasteiger partial charge on any atom is -0.542 e. The summed E-state index contributed by atoms with van der Waals surface area (Å²) in [6.45, 7) is 8.74. The lowest BCUT2D eigenvalue weighted by Gasteiger charge is -2.32. The van der Waals surface area contributed by atoms with E-state index in [9.17, 15) is 38.4 Å². The van der Waals surface area contributed by atoms with Gasteiger partial charge >= 0.3 is 31.9 Å². The maximum Gasteiger partial charge on any atom is 0.363 e. The molecule has 0 aliphatic carbocycles. The van der Waals surface area contributed by atoms with Gasteiger partial charge in [0.1, 0.15) is 17.6 Å². The summed E-state index contributed by atoms with van der Waals surface area (Å²) in [5.41, 5.74) is 0.983. The number of pyridine rings is 1. The van der Waals surface area contributed by atoms with Crippen LogP contribution in [0, 0.1) is 12.8 Å². The SMILES string of the molecule is BOC(=O)[C@H](CC(=O)OCCCC)NC(=O)c1ccc(-c2ccc(C(=O)NCNC(=O)[C@H](CCCCC)[C@@H](CC)N(C=O)OC(=O)c3ccncc3C)o2)cc1OCC(=O)OCCCC. The first-order valence-electron chi connectivity index (χ1n) is 21.8. The minimum atomic E-state index is -1.40. The number of amides is 4. The Morgan fingerprint density at radius 3 is 2.20 bits per heavy atom. The van der Waals surface area contributed by atoms with Crippen LogP contribution < -0.4 is 20.7 Å². The van der Waals surface area contributed by atoms with Crippen LogP contribution in [-0.4, -0.2) is 105 Å². The van der Waals surface area contributed by atoms with Gasteiger partial charge in [-0.3, -0.25) is 33.8 Å². The van der Waals surface area contributed by atoms with E-state index in [1.165, 1.54) is 48.8 Å². The Morgan fingerprint density at radius 1 is 0.846 bits per heavy atom. The standard InChI is InChI=1S/C45H60BN5O14/c1-6-10-13-14-32(35(9-4)51(28-52)65-44(58)31-19-20-47-25-29(31)5)41(55)48-27-49-43(57)37-18-17-36(63-37)30-15-16-33(38(23-30)62-26-40(54)61-22-12-8-3)42(56)50-34(45(59)64-46)24-39(53)60-21-11-7-2/h15-20,23,25,28,32,34-35H,6-14,21-22,24,26-27,46H2,1-5H3,(H,48,55)(H,49,57)(H,50,56)/t32-,34+,35-/m1/s1. The highest BCUT2D eigenvalue weighted by Gasteiger charge is 2.34. The maximum atomic E-state index is 13.7. The Labute approximate surface area is 379 Å². The van der Waals surface area contributed by atoms with E-state index >= 15 is 0 Å². The van der Waals surface area contributed by atoms with Crippen molar-refractivity contribution in [1.82, 2.24) is 26.0 Å². The van der Waals surface area contributed by atoms with Gasteiger partial charge in [0.25, 0.3) is 11.8 Å². The van der Waals surface area contributed by atoms with Gasteiger partial charge in [0.2, 0.25) is 12.3 Å². The van der Waals surface area contributed by atoms with E-state index in [4.69, 9.17) is 28.1 Å². The van der Waals surface area contributed by atoms with E-state index in [0.717, 1.165) is 38.8 Å². The first-order chi connectivity index (χ1) is 31.3. The molecule has 0 aliphatic rings. The van der Waals surface area contributed by atoms with Crippen LogP contribution in [0.15, 0.2) is 53.2 Å². The lowest BCUT2D eigenvalue weighted by Crippen LogP contribution is -2.49. The zero-order chi connectivity index (χ0) is 47.7. The number of carbonyl (C=O) groups is 8. The van der Waals surface area contributed by atoms with Crippen LogP contribution in [0.4, 0.5) is 0 Å². The van der Waals surface area contributed by atoms with Crippen LogP contribution in [0.3, 0.4) is 0 Å². The van der Waals surface area contributed by atoms with E-state index in [2.05, 4.69) is 20.9 Å². The number of hydrogen-bond donors (Lipinski definition) is 3. The van der Waals surface area contributed by atoms with Gasteiger partial charge in [-0.15, -0.1) is 0 Å². The second-order valence-electron chi connectivity index (χ2n) is 14.9. The van der Waals surface area contributed by atoms with Crippen LogP contribution in [0.25, 0.3) is 11.3 Å². The van der Waals surface area contributed by atoms with E-state index in [1.807, 2.05) is 20.8 Å². The summed E-state index contributed by atoms with van der Waals surface area (Å²) in [6, 6.07) is 6.36. The molecule has 4 amide bonds. The number of nitrogens with one attached hydrogen (secondary N) is 3. The molecule has 1 aromatic carbocycles. The third-order valence-electron chi connectivity index (χ3n) is 10.1. The van der Waals surface area contributed by atoms with Crippen LogP contribution in [0.2, 0.25) is 0 Å². The highest BCUT2D eigenvalue weighted by molar-refractivity contribution is 6.08. The number of rotatable bonds is 29. The topological polar surface area (TPSA) is 248 Å². The number of hydrogen-bond acceptors (Lipinski definition) is 15. The van der Waals surface area contributed by atoms with Crippen molar-refractivity contribution in [3.05, 3.63) is 71.2 Å². The normalized spacial score (nSPS) is 12.1. The number of unbranched alkanes of at least 4 members (excludes halogenated alkanes) is 4. The predicted octanol–water partition coefficient (Wildman–Crippen LogP) is 4.30. The number of aromatic nitrogens is 1. The molecule has 19 nitrogen and oxygen atoms in total. The molecule has 20 heteroatoms. The number of hydroxylamine groups is 2. The van der Waals surface area contributed by atoms with E-state index in [1.54, 1.807) is 13.8 Å². The third kappa shape index (κ3) is 16.7. The highest BCUT2D eigenvalue weighted by atomic mass is 16.7. The number of nitrogens with zero attached hydrogens (tertiary/aromatic N) is 2. The summed E-state index contributed by atoms with van der Waals surface area (Å²) in [7, 11) is 1.11. The Hall–Kier alpha value is -6.73. The number of ether oxygens (including phenoxy) is 3. The number of esters is 2. The van der Waals surface area contributed by atoms with Crippen LogP contribution in [-0.2, 0) is 42.9 Å². The number of aryl methyl sites for hydroxylation is 1. The largest absolute Gasteiger partial charge is 0.542 e. The Kier molecular flexibility index (Phi) is 22.8. The average Bonchev–Trinajstić information content (AvgIpc) is 3.80. The zero-order valence-electron chi connectivity index (χ0n) is 37.9. The summed E-state index contributed by atoms with van der Waals surface area (Å²) in [6.07, 6.45) is 8.61. The molecular weight excluding hydrogens is 845 g/mol. The molecule has 0 saturated carbocycles. The lowest BCUT2D eigenvalue weighted by molar-refractivity contribution is -0.171. The minimum absolute atomic E-state index is 0.110. The van der Waals surface area contributed by atoms with Crippen molar-refractivity contribution < 1.29 is 66.5 Å². The first kappa shape index (κ1) is 52.6. The molecule has 0 radical (unpaired) electrons. The van der Waals surface area contributed by atoms with Gasteiger partial charge in [-0.1, -0.05) is 65.9 Å². The maximum absolute atomic E-state index is 13.7. The van der Waals surface area contributed by atoms with Crippen LogP contribution >= 0.6 is 0 Å². The Bertz CT molecular complexity index is 2080. The molecule has 3 N–H and O–H groups in total. The lowest BCUT2D eigenvalue weighted by atomic mass is 9.90. The van der Waals surface area contributed by atoms with Crippen molar-refractivity contribution in [2.75, 3.05) is 26.5 Å². The number of benzene rings is 1. The predicted molar refractivity (Wildman–Crippen MR) is 236 cm³/mol. The molecule has 3 rings (SSSR count). The number of furan rings is 1. The molecule has 0 fully saturated rings. The van der Waals surface area contributed by atoms with E-state index < -0.39 is 72.6 Å². The van der Waals surface area contributed by atoms with Crippen molar-refractivity contribution in [1.29, 1.82) is 0 Å². The van der Waals surface area contributed by atoms with Crippen molar-refractivity contribution >= 4 is 56.1 Å². The van der Waals surface area contributed by atoms with Gasteiger partial charge in [-0.25, -0.2) is 9.59 Å². The van der Waals surface area contributed by atoms with Gasteiger partial charge in [0.05, 0.1) is 49.4 Å². The zero-order valence-corrected chi connectivity index (χ0v) is 37.9. The molecule has 2 heterocycles. The molecule has 0 saturated heterocycles. The van der Waals surface area contributed by atoms with Gasteiger partial charge < -0.3 is 44.1 Å². The second kappa shape index (κ2) is 28.1. The summed E-state index contributed by atoms with van der Waals surface area (Å²) in [5.74, 6) is -5.96. The summed E-state index contributed by atoms with van der Waals surface area (Å²) >= 11 is 0. The molecule has 0 bridgehead atoms. The fraction of sp³-hybridized carbons (Fsp3) is 0.489. The summed E-state index contributed by atoms with van der Waals surface area (Å²) < 4.78 is 26.7. The fourth-order valence-electron chi connectivity index (χ4n) is 6.43. The first-order valence-corrected chi connectivity index (χ1v) is 21.8. The Balaban J connectivity index is 1.77. The van der Waals surface area contributed by atoms with Gasteiger partial charge in [-0.05, 0) is 68.5 Å². The molecule has 352 valence electrons. The average molecular weight is 906 g/mol. The molecular formula is C45H60BN5O14. The van der Waals surface area contributed by atoms with Gasteiger partial charge in [-0.2, -0.15) is 5.06 Å². The van der Waals surface area contributed by atoms with Gasteiger partial charge in [0.15, 0.2) is 12.4 Å². The smallest absolute Gasteiger partial charge is 0.363 e. The summed E-state index contributed by atoms with van der Waals surface area (Å²) in [5, 5.41) is 8.62. The van der Waals surface area contributed by atoms with Crippen molar-refractivity contribution in [2.24, 2.45) is 5.92 Å². The van der Waals surface area contributed by atoms with Gasteiger partial charge in [0, 0.05) is 18.0 Å². The molecule has 0 spiro atoms. The van der Waals surface area contributed by atoms with Crippen LogP contribution in [0.5, 0.6) is 5.75 Å². The van der Waals surface area contributed by atoms with Crippen LogP contribution in [0.1, 0.15) is 129 Å². The van der Waals surface area contributed by atoms with Crippen molar-refractivity contribution in [3.8, 4) is 17.1 Å². The van der Waals surface area contributed by atoms with Crippen molar-refractivity contribution in [3.63, 3.8) is 0 Å². The third-order valence-corrected chi connectivity index (χ3v) is 10.1. The fourth-order valence-corrected chi connectivity index (χ4v) is 6.43. The Morgan fingerprint density at radius 2 is 1.55 bits per heavy atom. The molecule has 65 heavy (non-hydrogen) atoms. The molecule has 3 aromatic rings. The molecule has 0 aliphatic heterocycles. The quantitative estimate of drug-likeness (QED) is 0.0219.